The second kappa shape index (κ2) is 6.53. The summed E-state index contributed by atoms with van der Waals surface area (Å²) in [5.41, 5.74) is 7.92. The van der Waals surface area contributed by atoms with Crippen LogP contribution >= 0.6 is 0 Å². The monoisotopic (exact) mass is 376 g/mol. The van der Waals surface area contributed by atoms with Crippen molar-refractivity contribution in [1.82, 2.24) is 13.7 Å². The lowest BCUT2D eigenvalue weighted by molar-refractivity contribution is -0.118. The van der Waals surface area contributed by atoms with Crippen molar-refractivity contribution in [2.75, 3.05) is 0 Å². The Hall–Kier alpha value is -3.61. The zero-order valence-corrected chi connectivity index (χ0v) is 15.7. The molecule has 0 bridgehead atoms. The number of primary amides is 1. The number of amides is 1. The van der Waals surface area contributed by atoms with Crippen LogP contribution in [0.4, 0.5) is 0 Å². The van der Waals surface area contributed by atoms with Crippen molar-refractivity contribution >= 4 is 27.8 Å². The van der Waals surface area contributed by atoms with E-state index in [0.717, 1.165) is 26.6 Å². The Balaban J connectivity index is 2.14. The molecule has 0 aliphatic rings. The number of nitrogens with zero attached hydrogens (tertiary/aromatic N) is 3. The van der Waals surface area contributed by atoms with Crippen molar-refractivity contribution in [3.8, 4) is 0 Å². The van der Waals surface area contributed by atoms with Gasteiger partial charge in [-0.25, -0.2) is 4.79 Å². The summed E-state index contributed by atoms with van der Waals surface area (Å²) in [4.78, 5) is 38.2. The van der Waals surface area contributed by atoms with Crippen LogP contribution in [0.3, 0.4) is 0 Å². The normalized spacial score (nSPS) is 11.4. The van der Waals surface area contributed by atoms with E-state index in [0.29, 0.717) is 11.0 Å². The number of hydrogen-bond acceptors (Lipinski definition) is 3. The van der Waals surface area contributed by atoms with Crippen LogP contribution in [0.25, 0.3) is 21.9 Å². The summed E-state index contributed by atoms with van der Waals surface area (Å²) in [6, 6.07) is 15.0. The Kier molecular flexibility index (Phi) is 4.15. The number of aryl methyl sites for hydroxylation is 2. The molecular weight excluding hydrogens is 356 g/mol. The lowest BCUT2D eigenvalue weighted by atomic mass is 10.1. The van der Waals surface area contributed by atoms with Gasteiger partial charge in [0, 0.05) is 12.4 Å². The van der Waals surface area contributed by atoms with Gasteiger partial charge in [-0.2, -0.15) is 0 Å². The molecule has 0 radical (unpaired) electrons. The Labute approximate surface area is 160 Å². The number of carbonyl (C=O) groups is 1. The molecule has 7 nitrogen and oxygen atoms in total. The molecule has 28 heavy (non-hydrogen) atoms. The number of carbonyl (C=O) groups excluding carboxylic acids is 1. The van der Waals surface area contributed by atoms with Gasteiger partial charge in [-0.1, -0.05) is 42.0 Å². The third-order valence-corrected chi connectivity index (χ3v) is 5.01. The summed E-state index contributed by atoms with van der Waals surface area (Å²) in [7, 11) is 1.79. The van der Waals surface area contributed by atoms with Crippen molar-refractivity contribution in [2.45, 2.75) is 20.0 Å². The number of hydrogen-bond donors (Lipinski definition) is 1. The Morgan fingerprint density at radius 1 is 1.00 bits per heavy atom. The van der Waals surface area contributed by atoms with Crippen molar-refractivity contribution < 1.29 is 4.79 Å². The molecule has 0 aliphatic carbocycles. The van der Waals surface area contributed by atoms with Gasteiger partial charge in [0.25, 0.3) is 5.56 Å². The molecular formula is C21H20N4O3. The van der Waals surface area contributed by atoms with Gasteiger partial charge < -0.3 is 10.3 Å². The summed E-state index contributed by atoms with van der Waals surface area (Å²) in [6.45, 7) is 1.76. The standard InChI is InChI=1S/C21H20N4O3/c1-13-8-9-16-15(10-13)18-19(23(16)2)20(27)25(11-14-6-4-3-5-7-14)21(28)24(18)12-17(22)26/h3-10H,11-12H2,1-2H3,(H2,22,26). The van der Waals surface area contributed by atoms with Crippen LogP contribution in [0.5, 0.6) is 0 Å². The van der Waals surface area contributed by atoms with E-state index in [2.05, 4.69) is 0 Å². The van der Waals surface area contributed by atoms with Crippen molar-refractivity contribution in [2.24, 2.45) is 12.8 Å². The van der Waals surface area contributed by atoms with Crippen LogP contribution in [0, 0.1) is 6.92 Å². The van der Waals surface area contributed by atoms with Gasteiger partial charge in [0.15, 0.2) is 0 Å². The molecule has 2 aromatic heterocycles. The van der Waals surface area contributed by atoms with Crippen LogP contribution in [0.2, 0.25) is 0 Å². The minimum absolute atomic E-state index is 0.119. The summed E-state index contributed by atoms with van der Waals surface area (Å²) in [5, 5.41) is 0.750. The molecule has 1 amide bonds. The molecule has 2 heterocycles. The average Bonchev–Trinajstić information content (AvgIpc) is 2.95. The maximum absolute atomic E-state index is 13.3. The van der Waals surface area contributed by atoms with Gasteiger partial charge in [0.1, 0.15) is 12.1 Å². The lowest BCUT2D eigenvalue weighted by Gasteiger charge is -2.12. The molecule has 0 saturated carbocycles. The van der Waals surface area contributed by atoms with Crippen molar-refractivity contribution in [3.05, 3.63) is 80.5 Å². The molecule has 0 saturated heterocycles. The first-order valence-corrected chi connectivity index (χ1v) is 8.93. The fourth-order valence-electron chi connectivity index (χ4n) is 3.72. The number of benzene rings is 2. The molecule has 0 fully saturated rings. The maximum atomic E-state index is 13.3. The van der Waals surface area contributed by atoms with Crippen molar-refractivity contribution in [3.63, 3.8) is 0 Å². The van der Waals surface area contributed by atoms with Crippen LogP contribution in [0.1, 0.15) is 11.1 Å². The molecule has 0 spiro atoms. The highest BCUT2D eigenvalue weighted by Gasteiger charge is 2.21. The minimum Gasteiger partial charge on any atom is -0.368 e. The molecule has 2 aromatic carbocycles. The van der Waals surface area contributed by atoms with E-state index in [1.165, 1.54) is 4.57 Å². The second-order valence-corrected chi connectivity index (χ2v) is 6.99. The van der Waals surface area contributed by atoms with Gasteiger partial charge in [0.2, 0.25) is 5.91 Å². The van der Waals surface area contributed by atoms with Gasteiger partial charge in [-0.15, -0.1) is 0 Å². The van der Waals surface area contributed by atoms with E-state index in [4.69, 9.17) is 5.73 Å². The van der Waals surface area contributed by atoms with E-state index < -0.39 is 11.6 Å². The first-order chi connectivity index (χ1) is 13.4. The summed E-state index contributed by atoms with van der Waals surface area (Å²) in [6.07, 6.45) is 0. The van der Waals surface area contributed by atoms with E-state index >= 15 is 0 Å². The van der Waals surface area contributed by atoms with Crippen molar-refractivity contribution in [1.29, 1.82) is 0 Å². The number of rotatable bonds is 4. The Morgan fingerprint density at radius 3 is 2.39 bits per heavy atom. The number of nitrogens with two attached hydrogens (primary N) is 1. The average molecular weight is 376 g/mol. The van der Waals surface area contributed by atoms with E-state index in [1.807, 2.05) is 55.5 Å². The van der Waals surface area contributed by atoms with Gasteiger partial charge in [-0.05, 0) is 24.6 Å². The summed E-state index contributed by atoms with van der Waals surface area (Å²) < 4.78 is 4.24. The Morgan fingerprint density at radius 2 is 1.71 bits per heavy atom. The van der Waals surface area contributed by atoms with E-state index in [1.54, 1.807) is 11.6 Å². The van der Waals surface area contributed by atoms with Gasteiger partial charge in [-0.3, -0.25) is 18.7 Å². The zero-order valence-electron chi connectivity index (χ0n) is 15.7. The summed E-state index contributed by atoms with van der Waals surface area (Å²) in [5.74, 6) is -0.641. The second-order valence-electron chi connectivity index (χ2n) is 6.99. The topological polar surface area (TPSA) is 92.0 Å². The summed E-state index contributed by atoms with van der Waals surface area (Å²) >= 11 is 0. The van der Waals surface area contributed by atoms with Crippen LogP contribution in [-0.2, 0) is 24.9 Å². The molecule has 7 heteroatoms. The molecule has 4 aromatic rings. The molecule has 142 valence electrons. The largest absolute Gasteiger partial charge is 0.368 e. The third-order valence-electron chi connectivity index (χ3n) is 5.01. The predicted octanol–water partition coefficient (Wildman–Crippen LogP) is 1.50. The minimum atomic E-state index is -0.641. The van der Waals surface area contributed by atoms with E-state index in [-0.39, 0.29) is 18.6 Å². The predicted molar refractivity (Wildman–Crippen MR) is 108 cm³/mol. The quantitative estimate of drug-likeness (QED) is 0.585. The maximum Gasteiger partial charge on any atom is 0.332 e. The highest BCUT2D eigenvalue weighted by atomic mass is 16.2. The first kappa shape index (κ1) is 17.8. The van der Waals surface area contributed by atoms with Gasteiger partial charge in [0.05, 0.1) is 17.6 Å². The molecule has 0 aliphatic heterocycles. The molecule has 4 rings (SSSR count). The smallest absolute Gasteiger partial charge is 0.332 e. The molecule has 0 atom stereocenters. The fraction of sp³-hybridized carbons (Fsp3) is 0.190. The van der Waals surface area contributed by atoms with Crippen LogP contribution < -0.4 is 17.0 Å². The zero-order chi connectivity index (χ0) is 20.0. The number of fused-ring (bicyclic) bond motifs is 3. The molecule has 2 N–H and O–H groups in total. The molecule has 0 unspecified atom stereocenters. The Bertz CT molecular complexity index is 1340. The van der Waals surface area contributed by atoms with E-state index in [9.17, 15) is 14.4 Å². The third kappa shape index (κ3) is 2.72. The number of aromatic nitrogens is 3. The lowest BCUT2D eigenvalue weighted by Crippen LogP contribution is -2.42. The highest BCUT2D eigenvalue weighted by molar-refractivity contribution is 6.06. The SMILES string of the molecule is Cc1ccc2c(c1)c1c(c(=O)n(Cc3ccccc3)c(=O)n1CC(N)=O)n2C. The van der Waals surface area contributed by atoms with Gasteiger partial charge >= 0.3 is 5.69 Å². The first-order valence-electron chi connectivity index (χ1n) is 8.93. The van der Waals surface area contributed by atoms with Crippen LogP contribution in [0.15, 0.2) is 58.1 Å². The fourth-order valence-corrected chi connectivity index (χ4v) is 3.72. The van der Waals surface area contributed by atoms with Crippen LogP contribution in [-0.4, -0.2) is 19.6 Å². The highest BCUT2D eigenvalue weighted by Crippen LogP contribution is 2.26.